The van der Waals surface area contributed by atoms with Crippen LogP contribution in [-0.4, -0.2) is 37.2 Å². The summed E-state index contributed by atoms with van der Waals surface area (Å²) in [6, 6.07) is 8.29. The molecule has 2 rings (SSSR count). The van der Waals surface area contributed by atoms with Crippen molar-refractivity contribution in [3.63, 3.8) is 0 Å². The predicted molar refractivity (Wildman–Crippen MR) is 76.6 cm³/mol. The molecule has 1 aromatic rings. The van der Waals surface area contributed by atoms with Crippen molar-refractivity contribution in [3.8, 4) is 0 Å². The third-order valence-electron chi connectivity index (χ3n) is 3.58. The smallest absolute Gasteiger partial charge is 0.445 e. The zero-order valence-corrected chi connectivity index (χ0v) is 12.2. The Kier molecular flexibility index (Phi) is 5.59. The molecule has 0 radical (unpaired) electrons. The minimum atomic E-state index is -5.13. The Bertz CT molecular complexity index is 543. The van der Waals surface area contributed by atoms with Gasteiger partial charge in [0.2, 0.25) is 0 Å². The summed E-state index contributed by atoms with van der Waals surface area (Å²) in [6.07, 6.45) is -5.68. The van der Waals surface area contributed by atoms with Crippen LogP contribution in [0.15, 0.2) is 30.3 Å². The Morgan fingerprint density at radius 2 is 1.78 bits per heavy atom. The van der Waals surface area contributed by atoms with E-state index in [1.165, 1.54) is 0 Å². The van der Waals surface area contributed by atoms with Crippen LogP contribution in [0.3, 0.4) is 0 Å². The fourth-order valence-corrected chi connectivity index (χ4v) is 2.43. The second-order valence-electron chi connectivity index (χ2n) is 5.27. The minimum absolute atomic E-state index is 0.430. The van der Waals surface area contributed by atoms with Gasteiger partial charge in [-0.25, -0.2) is 4.79 Å². The van der Waals surface area contributed by atoms with Crippen molar-refractivity contribution >= 4 is 17.6 Å². The van der Waals surface area contributed by atoms with Crippen LogP contribution in [0, 0.1) is 5.92 Å². The number of anilines is 1. The fraction of sp³-hybridized carbons (Fsp3) is 0.467. The number of para-hydroxylation sites is 1. The van der Waals surface area contributed by atoms with Crippen LogP contribution in [0.4, 0.5) is 18.9 Å². The lowest BCUT2D eigenvalue weighted by Crippen LogP contribution is -2.45. The quantitative estimate of drug-likeness (QED) is 0.830. The van der Waals surface area contributed by atoms with Crippen molar-refractivity contribution in [2.24, 2.45) is 5.92 Å². The molecular formula is C15H17F3N2O3. The summed E-state index contributed by atoms with van der Waals surface area (Å²) in [6.45, 7) is 1.12. The normalized spacial score (nSPS) is 17.3. The van der Waals surface area contributed by atoms with E-state index in [4.69, 9.17) is 0 Å². The van der Waals surface area contributed by atoms with Gasteiger partial charge in [0.05, 0.1) is 0 Å². The maximum atomic E-state index is 12.4. The van der Waals surface area contributed by atoms with Gasteiger partial charge < -0.3 is 15.4 Å². The van der Waals surface area contributed by atoms with Crippen LogP contribution in [0.5, 0.6) is 0 Å². The molecule has 1 amide bonds. The molecule has 1 saturated heterocycles. The number of alkyl halides is 3. The fourth-order valence-electron chi connectivity index (χ4n) is 2.43. The number of carbonyl (C=O) groups excluding carboxylic acids is 2. The number of hydrogen-bond acceptors (Lipinski definition) is 4. The summed E-state index contributed by atoms with van der Waals surface area (Å²) >= 11 is 0. The van der Waals surface area contributed by atoms with E-state index in [-0.39, 0.29) is 0 Å². The number of piperidine rings is 1. The molecule has 0 aliphatic carbocycles. The molecule has 1 aliphatic rings. The van der Waals surface area contributed by atoms with Crippen molar-refractivity contribution in [3.05, 3.63) is 30.3 Å². The first-order chi connectivity index (χ1) is 10.9. The predicted octanol–water partition coefficient (Wildman–Crippen LogP) is 2.10. The van der Waals surface area contributed by atoms with Crippen molar-refractivity contribution in [2.45, 2.75) is 25.1 Å². The molecule has 5 nitrogen and oxygen atoms in total. The Morgan fingerprint density at radius 3 is 2.35 bits per heavy atom. The van der Waals surface area contributed by atoms with Gasteiger partial charge in [0.1, 0.15) is 0 Å². The molecule has 8 heteroatoms. The molecule has 1 heterocycles. The van der Waals surface area contributed by atoms with Gasteiger partial charge >= 0.3 is 12.1 Å². The lowest BCUT2D eigenvalue weighted by molar-refractivity contribution is -0.207. The zero-order valence-electron chi connectivity index (χ0n) is 12.2. The lowest BCUT2D eigenvalue weighted by Gasteiger charge is -2.29. The molecule has 1 atom stereocenters. The monoisotopic (exact) mass is 330 g/mol. The van der Waals surface area contributed by atoms with Crippen LogP contribution in [0.2, 0.25) is 0 Å². The highest BCUT2D eigenvalue weighted by Gasteiger charge is 2.45. The summed E-state index contributed by atoms with van der Waals surface area (Å²) in [7, 11) is 0. The van der Waals surface area contributed by atoms with Crippen LogP contribution in [0.1, 0.15) is 12.8 Å². The first kappa shape index (κ1) is 17.3. The summed E-state index contributed by atoms with van der Waals surface area (Å²) in [5.74, 6) is -3.55. The SMILES string of the molecule is O=C(Nc1ccccc1)C(OC(=O)C(F)(F)F)C1CCNCC1. The van der Waals surface area contributed by atoms with Crippen molar-refractivity contribution < 1.29 is 27.5 Å². The highest BCUT2D eigenvalue weighted by molar-refractivity contribution is 5.95. The molecule has 126 valence electrons. The van der Waals surface area contributed by atoms with E-state index in [0.717, 1.165) is 0 Å². The number of hydrogen-bond donors (Lipinski definition) is 2. The molecule has 0 saturated carbocycles. The largest absolute Gasteiger partial charge is 0.490 e. The molecule has 23 heavy (non-hydrogen) atoms. The van der Waals surface area contributed by atoms with Crippen molar-refractivity contribution in [1.82, 2.24) is 5.32 Å². The Balaban J connectivity index is 2.11. The summed E-state index contributed by atoms with van der Waals surface area (Å²) < 4.78 is 41.8. The number of ether oxygens (including phenoxy) is 1. The van der Waals surface area contributed by atoms with Crippen LogP contribution >= 0.6 is 0 Å². The molecule has 2 N–H and O–H groups in total. The number of amides is 1. The van der Waals surface area contributed by atoms with Crippen molar-refractivity contribution in [1.29, 1.82) is 0 Å². The Hall–Kier alpha value is -2.09. The van der Waals surface area contributed by atoms with Crippen molar-refractivity contribution in [2.75, 3.05) is 18.4 Å². The van der Waals surface area contributed by atoms with Crippen LogP contribution in [-0.2, 0) is 14.3 Å². The highest BCUT2D eigenvalue weighted by atomic mass is 19.4. The summed E-state index contributed by atoms with van der Waals surface area (Å²) in [5, 5.41) is 5.54. The standard InChI is InChI=1S/C15H17F3N2O3/c16-15(17,18)14(22)23-12(10-6-8-19-9-7-10)13(21)20-11-4-2-1-3-5-11/h1-5,10,12,19H,6-9H2,(H,20,21). The van der Waals surface area contributed by atoms with Gasteiger partial charge in [-0.15, -0.1) is 0 Å². The van der Waals surface area contributed by atoms with E-state index >= 15 is 0 Å². The van der Waals surface area contributed by atoms with Gasteiger partial charge in [0, 0.05) is 11.6 Å². The third-order valence-corrected chi connectivity index (χ3v) is 3.58. The van der Waals surface area contributed by atoms with E-state index in [2.05, 4.69) is 15.4 Å². The first-order valence-corrected chi connectivity index (χ1v) is 7.22. The molecular weight excluding hydrogens is 313 g/mol. The topological polar surface area (TPSA) is 67.4 Å². The molecule has 1 aromatic carbocycles. The number of esters is 1. The maximum Gasteiger partial charge on any atom is 0.490 e. The van der Waals surface area contributed by atoms with Gasteiger partial charge in [0.25, 0.3) is 5.91 Å². The average molecular weight is 330 g/mol. The Morgan fingerprint density at radius 1 is 1.17 bits per heavy atom. The zero-order chi connectivity index (χ0) is 16.9. The highest BCUT2D eigenvalue weighted by Crippen LogP contribution is 2.25. The van der Waals surface area contributed by atoms with Crippen LogP contribution < -0.4 is 10.6 Å². The minimum Gasteiger partial charge on any atom is -0.445 e. The second-order valence-corrected chi connectivity index (χ2v) is 5.27. The van der Waals surface area contributed by atoms with E-state index in [1.807, 2.05) is 0 Å². The number of carbonyl (C=O) groups is 2. The number of benzene rings is 1. The van der Waals surface area contributed by atoms with E-state index in [9.17, 15) is 22.8 Å². The third kappa shape index (κ3) is 4.95. The van der Waals surface area contributed by atoms with Gasteiger partial charge in [-0.05, 0) is 38.1 Å². The Labute approximate surface area is 131 Å². The second kappa shape index (κ2) is 7.45. The van der Waals surface area contributed by atoms with E-state index < -0.39 is 30.1 Å². The van der Waals surface area contributed by atoms with Gasteiger partial charge in [-0.3, -0.25) is 4.79 Å². The summed E-state index contributed by atoms with van der Waals surface area (Å²) in [4.78, 5) is 23.4. The molecule has 1 aliphatic heterocycles. The van der Waals surface area contributed by atoms with Gasteiger partial charge in [-0.1, -0.05) is 18.2 Å². The maximum absolute atomic E-state index is 12.4. The van der Waals surface area contributed by atoms with Crippen LogP contribution in [0.25, 0.3) is 0 Å². The molecule has 0 aromatic heterocycles. The number of rotatable bonds is 4. The molecule has 1 fully saturated rings. The molecule has 1 unspecified atom stereocenters. The number of halogens is 3. The summed E-state index contributed by atoms with van der Waals surface area (Å²) in [5.41, 5.74) is 0.430. The van der Waals surface area contributed by atoms with E-state index in [0.29, 0.717) is 31.6 Å². The van der Waals surface area contributed by atoms with Gasteiger partial charge in [-0.2, -0.15) is 13.2 Å². The first-order valence-electron chi connectivity index (χ1n) is 7.22. The average Bonchev–Trinajstić information content (AvgIpc) is 2.53. The van der Waals surface area contributed by atoms with E-state index in [1.54, 1.807) is 30.3 Å². The molecule has 0 bridgehead atoms. The number of nitrogens with one attached hydrogen (secondary N) is 2. The lowest BCUT2D eigenvalue weighted by atomic mass is 9.91. The molecule has 0 spiro atoms. The van der Waals surface area contributed by atoms with Gasteiger partial charge in [0.15, 0.2) is 6.10 Å².